The van der Waals surface area contributed by atoms with E-state index >= 15 is 0 Å². The number of pyridine rings is 1. The van der Waals surface area contributed by atoms with Crippen LogP contribution in [0.25, 0.3) is 10.9 Å². The fraction of sp³-hybridized carbons (Fsp3) is 0.0769. The van der Waals surface area contributed by atoms with Gasteiger partial charge in [0.1, 0.15) is 0 Å². The van der Waals surface area contributed by atoms with Crippen molar-refractivity contribution in [3.8, 4) is 0 Å². The lowest BCUT2D eigenvalue weighted by Crippen LogP contribution is -2.33. The number of nitrogen functional groups attached to an aromatic ring is 1. The summed E-state index contributed by atoms with van der Waals surface area (Å²) in [6.07, 6.45) is 1.67. The van der Waals surface area contributed by atoms with Crippen molar-refractivity contribution in [3.05, 3.63) is 51.2 Å². The summed E-state index contributed by atoms with van der Waals surface area (Å²) in [6.45, 7) is 0. The molecule has 0 unspecified atom stereocenters. The van der Waals surface area contributed by atoms with Gasteiger partial charge in [-0.25, -0.2) is 0 Å². The number of benzene rings is 1. The van der Waals surface area contributed by atoms with Crippen LogP contribution in [-0.4, -0.2) is 19.7 Å². The Morgan fingerprint density at radius 2 is 2.10 bits per heavy atom. The van der Waals surface area contributed by atoms with Crippen LogP contribution < -0.4 is 16.9 Å². The number of nitrogens with zero attached hydrogens (tertiary/aromatic N) is 3. The first-order valence-corrected chi connectivity index (χ1v) is 6.86. The summed E-state index contributed by atoms with van der Waals surface area (Å²) in [5, 5.41) is 3.61. The van der Waals surface area contributed by atoms with Gasteiger partial charge in [-0.15, -0.1) is 0 Å². The molecule has 21 heavy (non-hydrogen) atoms. The molecule has 0 aliphatic heterocycles. The van der Waals surface area contributed by atoms with Crippen molar-refractivity contribution in [2.75, 3.05) is 5.73 Å². The van der Waals surface area contributed by atoms with Gasteiger partial charge in [0.05, 0.1) is 5.52 Å². The number of H-pyrrole nitrogens is 1. The molecule has 106 valence electrons. The molecule has 3 rings (SSSR count). The fourth-order valence-electron chi connectivity index (χ4n) is 1.90. The van der Waals surface area contributed by atoms with E-state index in [0.29, 0.717) is 10.8 Å². The van der Waals surface area contributed by atoms with Gasteiger partial charge in [-0.1, -0.05) is 0 Å². The largest absolute Gasteiger partial charge is 0.398 e. The highest BCUT2D eigenvalue weighted by molar-refractivity contribution is 7.99. The highest BCUT2D eigenvalue weighted by atomic mass is 32.2. The van der Waals surface area contributed by atoms with E-state index in [-0.39, 0.29) is 0 Å². The lowest BCUT2D eigenvalue weighted by molar-refractivity contribution is 0.596. The van der Waals surface area contributed by atoms with Crippen LogP contribution in [-0.2, 0) is 7.05 Å². The molecule has 0 fully saturated rings. The van der Waals surface area contributed by atoms with E-state index in [1.54, 1.807) is 25.4 Å². The highest BCUT2D eigenvalue weighted by Gasteiger charge is 2.10. The van der Waals surface area contributed by atoms with Gasteiger partial charge in [-0.3, -0.25) is 24.4 Å². The molecule has 0 aliphatic carbocycles. The first-order chi connectivity index (χ1) is 10.1. The lowest BCUT2D eigenvalue weighted by Gasteiger charge is -2.09. The zero-order valence-electron chi connectivity index (χ0n) is 11.0. The number of aryl methyl sites for hydroxylation is 1. The molecular weight excluding hydrogens is 290 g/mol. The van der Waals surface area contributed by atoms with Gasteiger partial charge in [0.25, 0.3) is 0 Å². The van der Waals surface area contributed by atoms with Crippen LogP contribution in [0.5, 0.6) is 0 Å². The number of nitrogens with one attached hydrogen (secondary N) is 1. The Morgan fingerprint density at radius 1 is 1.29 bits per heavy atom. The van der Waals surface area contributed by atoms with Crippen molar-refractivity contribution in [1.82, 2.24) is 19.7 Å². The standard InChI is InChI=1S/C13H11N5O2S/c1-18-13(16-11(19)12(20)17-18)21-9-5-4-8(14)7-3-2-6-15-10(7)9/h2-6H,14H2,1H3,(H,17,20). The van der Waals surface area contributed by atoms with Gasteiger partial charge in [0, 0.05) is 29.2 Å². The maximum absolute atomic E-state index is 11.4. The third-order valence-corrected chi connectivity index (χ3v) is 4.01. The van der Waals surface area contributed by atoms with Crippen LogP contribution in [0.2, 0.25) is 0 Å². The van der Waals surface area contributed by atoms with E-state index in [1.807, 2.05) is 12.1 Å². The monoisotopic (exact) mass is 301 g/mol. The maximum atomic E-state index is 11.4. The molecule has 3 N–H and O–H groups in total. The summed E-state index contributed by atoms with van der Waals surface area (Å²) in [7, 11) is 1.61. The third-order valence-electron chi connectivity index (χ3n) is 2.92. The van der Waals surface area contributed by atoms with Crippen LogP contribution in [0, 0.1) is 0 Å². The van der Waals surface area contributed by atoms with Crippen LogP contribution >= 0.6 is 11.8 Å². The van der Waals surface area contributed by atoms with Gasteiger partial charge >= 0.3 is 11.1 Å². The van der Waals surface area contributed by atoms with Crippen molar-refractivity contribution >= 4 is 28.4 Å². The number of rotatable bonds is 2. The van der Waals surface area contributed by atoms with Gasteiger partial charge in [0.15, 0.2) is 5.16 Å². The van der Waals surface area contributed by atoms with E-state index in [4.69, 9.17) is 5.73 Å². The van der Waals surface area contributed by atoms with Crippen LogP contribution in [0.15, 0.2) is 50.1 Å². The summed E-state index contributed by atoms with van der Waals surface area (Å²) >= 11 is 1.24. The number of nitrogens with two attached hydrogens (primary N) is 1. The minimum Gasteiger partial charge on any atom is -0.398 e. The number of fused-ring (bicyclic) bond motifs is 1. The molecule has 7 nitrogen and oxygen atoms in total. The average molecular weight is 301 g/mol. The average Bonchev–Trinajstić information content (AvgIpc) is 2.48. The summed E-state index contributed by atoms with van der Waals surface area (Å²) in [5.74, 6) is 0. The Labute approximate surface area is 122 Å². The Bertz CT molecular complexity index is 947. The molecule has 0 saturated heterocycles. The van der Waals surface area contributed by atoms with Crippen molar-refractivity contribution in [1.29, 1.82) is 0 Å². The zero-order chi connectivity index (χ0) is 15.0. The zero-order valence-corrected chi connectivity index (χ0v) is 11.8. The quantitative estimate of drug-likeness (QED) is 0.534. The molecular formula is C13H11N5O2S. The summed E-state index contributed by atoms with van der Waals surface area (Å²) in [4.78, 5) is 31.5. The van der Waals surface area contributed by atoms with E-state index in [0.717, 1.165) is 15.8 Å². The Morgan fingerprint density at radius 3 is 2.90 bits per heavy atom. The summed E-state index contributed by atoms with van der Waals surface area (Å²) in [6, 6.07) is 7.27. The second-order valence-electron chi connectivity index (χ2n) is 4.35. The molecule has 1 aromatic carbocycles. The SMILES string of the molecule is Cn1[nH]c(=O)c(=O)nc1Sc1ccc(N)c2cccnc12. The number of aromatic nitrogens is 4. The molecule has 3 aromatic rings. The fourth-order valence-corrected chi connectivity index (χ4v) is 2.80. The van der Waals surface area contributed by atoms with Crippen molar-refractivity contribution < 1.29 is 0 Å². The first-order valence-electron chi connectivity index (χ1n) is 6.04. The molecule has 0 radical (unpaired) electrons. The van der Waals surface area contributed by atoms with Gasteiger partial charge in [0.2, 0.25) is 0 Å². The number of aromatic amines is 1. The Hall–Kier alpha value is -2.61. The minimum atomic E-state index is -0.816. The topological polar surface area (TPSA) is 107 Å². The second kappa shape index (κ2) is 5.06. The molecule has 2 heterocycles. The van der Waals surface area contributed by atoms with Crippen molar-refractivity contribution in [2.45, 2.75) is 10.1 Å². The molecule has 2 aromatic heterocycles. The van der Waals surface area contributed by atoms with Crippen LogP contribution in [0.1, 0.15) is 0 Å². The number of anilines is 1. The van der Waals surface area contributed by atoms with Crippen LogP contribution in [0.3, 0.4) is 0 Å². The maximum Gasteiger partial charge on any atom is 0.339 e. The number of hydrogen-bond donors (Lipinski definition) is 2. The summed E-state index contributed by atoms with van der Waals surface area (Å²) < 4.78 is 1.40. The van der Waals surface area contributed by atoms with Gasteiger partial charge < -0.3 is 5.73 Å². The molecule has 0 spiro atoms. The summed E-state index contributed by atoms with van der Waals surface area (Å²) in [5.41, 5.74) is 5.72. The highest BCUT2D eigenvalue weighted by Crippen LogP contribution is 2.32. The second-order valence-corrected chi connectivity index (χ2v) is 5.36. The molecule has 0 aliphatic rings. The van der Waals surface area contributed by atoms with E-state index < -0.39 is 11.1 Å². The molecule has 0 bridgehead atoms. The smallest absolute Gasteiger partial charge is 0.339 e. The Kier molecular flexibility index (Phi) is 3.22. The molecule has 0 atom stereocenters. The van der Waals surface area contributed by atoms with Crippen molar-refractivity contribution in [3.63, 3.8) is 0 Å². The Balaban J connectivity index is 2.15. The predicted octanol–water partition coefficient (Wildman–Crippen LogP) is 0.750. The third kappa shape index (κ3) is 2.40. The number of hydrogen-bond acceptors (Lipinski definition) is 6. The van der Waals surface area contributed by atoms with E-state index in [2.05, 4.69) is 15.1 Å². The molecule has 0 amide bonds. The minimum absolute atomic E-state index is 0.372. The normalized spacial score (nSPS) is 10.9. The van der Waals surface area contributed by atoms with E-state index in [1.165, 1.54) is 16.4 Å². The van der Waals surface area contributed by atoms with Crippen LogP contribution in [0.4, 0.5) is 5.69 Å². The van der Waals surface area contributed by atoms with Gasteiger partial charge in [-0.2, -0.15) is 4.98 Å². The van der Waals surface area contributed by atoms with Gasteiger partial charge in [-0.05, 0) is 36.0 Å². The molecule has 0 saturated carbocycles. The predicted molar refractivity (Wildman–Crippen MR) is 80.4 cm³/mol. The first kappa shape index (κ1) is 13.4. The lowest BCUT2D eigenvalue weighted by atomic mass is 10.2. The van der Waals surface area contributed by atoms with Crippen molar-refractivity contribution in [2.24, 2.45) is 7.05 Å². The molecule has 8 heteroatoms. The van der Waals surface area contributed by atoms with E-state index in [9.17, 15) is 9.59 Å².